The van der Waals surface area contributed by atoms with Crippen LogP contribution in [0.3, 0.4) is 0 Å². The highest BCUT2D eigenvalue weighted by atomic mass is 16.5. The zero-order chi connectivity index (χ0) is 16.2. The van der Waals surface area contributed by atoms with Gasteiger partial charge >= 0.3 is 0 Å². The standard InChI is InChI=1S/C19H28O4/c1-21-19-9-6-18(7-10-19,8-11-19)16-2-4-17(5-3-16)23-15-14-22-13-12-20/h2-5,20H,6-15H2,1H3. The summed E-state index contributed by atoms with van der Waals surface area (Å²) in [6.07, 6.45) is 7.25. The molecular formula is C19H28O4. The summed E-state index contributed by atoms with van der Waals surface area (Å²) in [7, 11) is 1.87. The first-order chi connectivity index (χ1) is 11.2. The lowest BCUT2D eigenvalue weighted by Gasteiger charge is -2.53. The maximum atomic E-state index is 8.65. The first kappa shape index (κ1) is 16.7. The van der Waals surface area contributed by atoms with Gasteiger partial charge in [-0.2, -0.15) is 0 Å². The minimum Gasteiger partial charge on any atom is -0.491 e. The van der Waals surface area contributed by atoms with Crippen LogP contribution in [0.25, 0.3) is 0 Å². The summed E-state index contributed by atoms with van der Waals surface area (Å²) in [6, 6.07) is 8.61. The average Bonchev–Trinajstić information content (AvgIpc) is 2.63. The predicted octanol–water partition coefficient (Wildman–Crippen LogP) is 3.07. The summed E-state index contributed by atoms with van der Waals surface area (Å²) in [6.45, 7) is 1.45. The predicted molar refractivity (Wildman–Crippen MR) is 89.0 cm³/mol. The molecule has 2 bridgehead atoms. The van der Waals surface area contributed by atoms with Gasteiger partial charge in [0.05, 0.1) is 25.4 Å². The van der Waals surface area contributed by atoms with Crippen LogP contribution in [0, 0.1) is 0 Å². The normalized spacial score (nSPS) is 29.7. The third-order valence-electron chi connectivity index (χ3n) is 5.81. The van der Waals surface area contributed by atoms with Crippen LogP contribution in [0.15, 0.2) is 24.3 Å². The molecular weight excluding hydrogens is 292 g/mol. The Balaban J connectivity index is 1.56. The van der Waals surface area contributed by atoms with E-state index < -0.39 is 0 Å². The van der Waals surface area contributed by atoms with Crippen molar-refractivity contribution in [1.82, 2.24) is 0 Å². The van der Waals surface area contributed by atoms with Crippen molar-refractivity contribution in [1.29, 1.82) is 0 Å². The fourth-order valence-corrected chi connectivity index (χ4v) is 4.18. The molecule has 3 aliphatic rings. The Bertz CT molecular complexity index is 472. The molecule has 0 heterocycles. The lowest BCUT2D eigenvalue weighted by molar-refractivity contribution is -0.0955. The zero-order valence-corrected chi connectivity index (χ0v) is 14.1. The molecule has 23 heavy (non-hydrogen) atoms. The molecule has 4 nitrogen and oxygen atoms in total. The van der Waals surface area contributed by atoms with Crippen molar-refractivity contribution in [3.05, 3.63) is 29.8 Å². The Morgan fingerprint density at radius 1 is 0.913 bits per heavy atom. The van der Waals surface area contributed by atoms with Gasteiger partial charge in [-0.3, -0.25) is 0 Å². The molecule has 1 N–H and O–H groups in total. The van der Waals surface area contributed by atoms with E-state index in [0.29, 0.717) is 25.2 Å². The molecule has 1 aromatic carbocycles. The van der Waals surface area contributed by atoms with Crippen molar-refractivity contribution in [3.63, 3.8) is 0 Å². The Morgan fingerprint density at radius 3 is 2.13 bits per heavy atom. The first-order valence-electron chi connectivity index (χ1n) is 8.69. The highest BCUT2D eigenvalue weighted by Gasteiger charge is 2.49. The smallest absolute Gasteiger partial charge is 0.119 e. The SMILES string of the molecule is COC12CCC(c3ccc(OCCOCCO)cc3)(CC1)CC2. The average molecular weight is 320 g/mol. The molecule has 128 valence electrons. The van der Waals surface area contributed by atoms with Gasteiger partial charge in [0, 0.05) is 7.11 Å². The minimum absolute atomic E-state index is 0.0567. The van der Waals surface area contributed by atoms with Gasteiger partial charge in [-0.1, -0.05) is 12.1 Å². The quantitative estimate of drug-likeness (QED) is 0.748. The van der Waals surface area contributed by atoms with Crippen molar-refractivity contribution < 1.29 is 19.3 Å². The molecule has 1 aromatic rings. The molecule has 3 fully saturated rings. The third-order valence-corrected chi connectivity index (χ3v) is 5.81. The molecule has 0 aromatic heterocycles. The number of aliphatic hydroxyl groups is 1. The van der Waals surface area contributed by atoms with Gasteiger partial charge in [0.25, 0.3) is 0 Å². The number of rotatable bonds is 8. The molecule has 0 aliphatic heterocycles. The Labute approximate surface area is 138 Å². The second-order valence-electron chi connectivity index (χ2n) is 6.88. The number of hydrogen-bond acceptors (Lipinski definition) is 4. The monoisotopic (exact) mass is 320 g/mol. The molecule has 4 rings (SSSR count). The number of ether oxygens (including phenoxy) is 3. The topological polar surface area (TPSA) is 47.9 Å². The second-order valence-corrected chi connectivity index (χ2v) is 6.88. The largest absolute Gasteiger partial charge is 0.491 e. The van der Waals surface area contributed by atoms with Crippen LogP contribution >= 0.6 is 0 Å². The minimum atomic E-state index is 0.0567. The number of hydrogen-bond donors (Lipinski definition) is 1. The summed E-state index contributed by atoms with van der Waals surface area (Å²) in [5.41, 5.74) is 1.97. The number of aliphatic hydroxyl groups excluding tert-OH is 1. The molecule has 0 unspecified atom stereocenters. The van der Waals surface area contributed by atoms with Gasteiger partial charge in [-0.05, 0) is 61.6 Å². The van der Waals surface area contributed by atoms with Crippen LogP contribution in [0.5, 0.6) is 5.75 Å². The van der Waals surface area contributed by atoms with E-state index in [2.05, 4.69) is 24.3 Å². The molecule has 0 amide bonds. The van der Waals surface area contributed by atoms with Crippen LogP contribution in [0.2, 0.25) is 0 Å². The molecule has 0 radical (unpaired) electrons. The van der Waals surface area contributed by atoms with Crippen LogP contribution < -0.4 is 4.74 Å². The van der Waals surface area contributed by atoms with Crippen molar-refractivity contribution in [2.24, 2.45) is 0 Å². The van der Waals surface area contributed by atoms with E-state index >= 15 is 0 Å². The second kappa shape index (κ2) is 7.20. The summed E-state index contributed by atoms with van der Waals surface area (Å²) in [5.74, 6) is 0.885. The van der Waals surface area contributed by atoms with Crippen molar-refractivity contribution >= 4 is 0 Å². The molecule has 0 atom stereocenters. The van der Waals surface area contributed by atoms with Gasteiger partial charge < -0.3 is 19.3 Å². The van der Waals surface area contributed by atoms with E-state index in [9.17, 15) is 0 Å². The highest BCUT2D eigenvalue weighted by Crippen LogP contribution is 2.54. The lowest BCUT2D eigenvalue weighted by atomic mass is 9.56. The zero-order valence-electron chi connectivity index (χ0n) is 14.1. The van der Waals surface area contributed by atoms with Crippen LogP contribution in [-0.4, -0.2) is 44.2 Å². The number of fused-ring (bicyclic) bond motifs is 3. The van der Waals surface area contributed by atoms with Gasteiger partial charge in [0.15, 0.2) is 0 Å². The molecule has 0 saturated heterocycles. The van der Waals surface area contributed by atoms with E-state index in [-0.39, 0.29) is 12.2 Å². The van der Waals surface area contributed by atoms with E-state index in [1.807, 2.05) is 7.11 Å². The van der Waals surface area contributed by atoms with Crippen LogP contribution in [0.4, 0.5) is 0 Å². The van der Waals surface area contributed by atoms with Crippen molar-refractivity contribution in [2.75, 3.05) is 33.5 Å². The number of methoxy groups -OCH3 is 1. The summed E-state index contributed by atoms with van der Waals surface area (Å²) in [4.78, 5) is 0. The van der Waals surface area contributed by atoms with E-state index in [1.54, 1.807) is 0 Å². The van der Waals surface area contributed by atoms with Crippen LogP contribution in [-0.2, 0) is 14.9 Å². The summed E-state index contributed by atoms with van der Waals surface area (Å²) >= 11 is 0. The molecule has 3 saturated carbocycles. The fourth-order valence-electron chi connectivity index (χ4n) is 4.18. The molecule has 0 spiro atoms. The highest BCUT2D eigenvalue weighted by molar-refractivity contribution is 5.34. The Hall–Kier alpha value is -1.10. The molecule has 3 aliphatic carbocycles. The fraction of sp³-hybridized carbons (Fsp3) is 0.684. The summed E-state index contributed by atoms with van der Waals surface area (Å²) in [5, 5.41) is 8.65. The van der Waals surface area contributed by atoms with Crippen molar-refractivity contribution in [3.8, 4) is 5.75 Å². The molecule has 4 heteroatoms. The van der Waals surface area contributed by atoms with E-state index in [0.717, 1.165) is 5.75 Å². The summed E-state index contributed by atoms with van der Waals surface area (Å²) < 4.78 is 16.7. The third kappa shape index (κ3) is 3.54. The Kier molecular flexibility index (Phi) is 5.24. The van der Waals surface area contributed by atoms with Crippen LogP contribution in [0.1, 0.15) is 44.1 Å². The first-order valence-corrected chi connectivity index (χ1v) is 8.69. The van der Waals surface area contributed by atoms with E-state index in [1.165, 1.54) is 44.1 Å². The van der Waals surface area contributed by atoms with Gasteiger partial charge in [0.1, 0.15) is 12.4 Å². The Morgan fingerprint density at radius 2 is 1.57 bits per heavy atom. The maximum absolute atomic E-state index is 8.65. The van der Waals surface area contributed by atoms with Crippen molar-refractivity contribution in [2.45, 2.75) is 49.5 Å². The van der Waals surface area contributed by atoms with Gasteiger partial charge in [0.2, 0.25) is 0 Å². The lowest BCUT2D eigenvalue weighted by Crippen LogP contribution is -2.49. The van der Waals surface area contributed by atoms with E-state index in [4.69, 9.17) is 19.3 Å². The van der Waals surface area contributed by atoms with Gasteiger partial charge in [-0.15, -0.1) is 0 Å². The number of benzene rings is 1. The maximum Gasteiger partial charge on any atom is 0.119 e. The van der Waals surface area contributed by atoms with Gasteiger partial charge in [-0.25, -0.2) is 0 Å².